The quantitative estimate of drug-likeness (QED) is 0.903. The van der Waals surface area contributed by atoms with Gasteiger partial charge in [-0.25, -0.2) is 4.98 Å². The number of hydrogen-bond acceptors (Lipinski definition) is 5. The number of aliphatic hydroxyl groups excluding tert-OH is 1. The van der Waals surface area contributed by atoms with Crippen molar-refractivity contribution >= 4 is 28.1 Å². The van der Waals surface area contributed by atoms with Gasteiger partial charge < -0.3 is 10.0 Å². The number of rotatable bonds is 2. The Morgan fingerprint density at radius 2 is 2.17 bits per heavy atom. The molecule has 4 nitrogen and oxygen atoms in total. The van der Waals surface area contributed by atoms with Crippen LogP contribution in [0.25, 0.3) is 0 Å². The van der Waals surface area contributed by atoms with Gasteiger partial charge in [0.15, 0.2) is 5.13 Å². The Balaban J connectivity index is 1.78. The van der Waals surface area contributed by atoms with Gasteiger partial charge in [-0.15, -0.1) is 0 Å². The summed E-state index contributed by atoms with van der Waals surface area (Å²) in [6.45, 7) is 4.53. The highest BCUT2D eigenvalue weighted by Gasteiger charge is 2.29. The first-order valence-electron chi connectivity index (χ1n) is 6.53. The normalized spacial score (nSPS) is 25.2. The first-order chi connectivity index (χ1) is 8.78. The summed E-state index contributed by atoms with van der Waals surface area (Å²) >= 11 is 7.54. The molecule has 2 aliphatic heterocycles. The van der Waals surface area contributed by atoms with Gasteiger partial charge in [-0.3, -0.25) is 4.90 Å². The molecule has 100 valence electrons. The fourth-order valence-corrected chi connectivity index (χ4v) is 4.09. The summed E-state index contributed by atoms with van der Waals surface area (Å²) in [6, 6.07) is 0.674. The van der Waals surface area contributed by atoms with Gasteiger partial charge in [0.25, 0.3) is 0 Å². The van der Waals surface area contributed by atoms with Gasteiger partial charge in [-0.1, -0.05) is 22.9 Å². The molecule has 6 heteroatoms. The minimum atomic E-state index is -0.0140. The average Bonchev–Trinajstić information content (AvgIpc) is 2.90. The summed E-state index contributed by atoms with van der Waals surface area (Å²) in [7, 11) is 0. The Morgan fingerprint density at radius 1 is 1.33 bits per heavy atom. The molecular weight excluding hydrogens is 270 g/mol. The fraction of sp³-hybridized carbons (Fsp3) is 0.750. The Labute approximate surface area is 116 Å². The van der Waals surface area contributed by atoms with E-state index in [1.807, 2.05) is 0 Å². The van der Waals surface area contributed by atoms with E-state index in [2.05, 4.69) is 14.8 Å². The van der Waals surface area contributed by atoms with E-state index in [1.54, 1.807) is 0 Å². The summed E-state index contributed by atoms with van der Waals surface area (Å²) in [5.74, 6) is 0. The van der Waals surface area contributed by atoms with Crippen molar-refractivity contribution < 1.29 is 5.11 Å². The van der Waals surface area contributed by atoms with Crippen LogP contribution in [0.3, 0.4) is 0 Å². The van der Waals surface area contributed by atoms with Crippen molar-refractivity contribution in [1.29, 1.82) is 0 Å². The van der Waals surface area contributed by atoms with Crippen molar-refractivity contribution in [3.8, 4) is 0 Å². The molecule has 3 heterocycles. The number of fused-ring (bicyclic) bond motifs is 1. The molecule has 0 aromatic carbocycles. The minimum absolute atomic E-state index is 0.0140. The van der Waals surface area contributed by atoms with Crippen LogP contribution in [0.2, 0.25) is 5.15 Å². The standard InChI is InChI=1S/C12H18ClN3OS/c13-11-10(8-17)18-12(14-11)16-6-2-5-15-4-1-3-9(15)7-16/h9,17H,1-8H2. The van der Waals surface area contributed by atoms with Gasteiger partial charge in [0.05, 0.1) is 11.5 Å². The third-order valence-electron chi connectivity index (χ3n) is 3.86. The Bertz CT molecular complexity index is 425. The number of hydrogen-bond donors (Lipinski definition) is 1. The fourth-order valence-electron chi connectivity index (χ4n) is 2.93. The summed E-state index contributed by atoms with van der Waals surface area (Å²) in [5, 5.41) is 10.6. The van der Waals surface area contributed by atoms with Crippen LogP contribution < -0.4 is 4.90 Å². The molecule has 0 bridgehead atoms. The molecule has 2 fully saturated rings. The lowest BCUT2D eigenvalue weighted by atomic mass is 10.2. The van der Waals surface area contributed by atoms with Crippen LogP contribution in [-0.4, -0.2) is 47.2 Å². The summed E-state index contributed by atoms with van der Waals surface area (Å²) in [5.41, 5.74) is 0. The van der Waals surface area contributed by atoms with Gasteiger partial charge in [0.1, 0.15) is 5.15 Å². The molecule has 0 amide bonds. The van der Waals surface area contributed by atoms with Gasteiger partial charge in [-0.05, 0) is 25.8 Å². The highest BCUT2D eigenvalue weighted by atomic mass is 35.5. The maximum Gasteiger partial charge on any atom is 0.187 e. The number of aliphatic hydroxyl groups is 1. The molecule has 2 saturated heterocycles. The molecule has 3 rings (SSSR count). The van der Waals surface area contributed by atoms with Crippen molar-refractivity contribution in [3.05, 3.63) is 10.0 Å². The zero-order chi connectivity index (χ0) is 12.5. The summed E-state index contributed by atoms with van der Waals surface area (Å²) in [6.07, 6.45) is 3.80. The van der Waals surface area contributed by atoms with Crippen LogP contribution >= 0.6 is 22.9 Å². The third kappa shape index (κ3) is 2.37. The van der Waals surface area contributed by atoms with E-state index in [0.29, 0.717) is 11.2 Å². The van der Waals surface area contributed by atoms with Crippen molar-refractivity contribution in [2.24, 2.45) is 0 Å². The first-order valence-corrected chi connectivity index (χ1v) is 7.72. The van der Waals surface area contributed by atoms with Crippen LogP contribution in [0.15, 0.2) is 0 Å². The average molecular weight is 288 g/mol. The number of halogens is 1. The van der Waals surface area contributed by atoms with E-state index in [0.717, 1.165) is 23.1 Å². The zero-order valence-corrected chi connectivity index (χ0v) is 11.9. The molecular formula is C12H18ClN3OS. The molecule has 0 saturated carbocycles. The van der Waals surface area contributed by atoms with Gasteiger partial charge >= 0.3 is 0 Å². The predicted molar refractivity (Wildman–Crippen MR) is 74.5 cm³/mol. The Hall–Kier alpha value is -0.360. The van der Waals surface area contributed by atoms with Crippen LogP contribution in [0.5, 0.6) is 0 Å². The number of thiazole rings is 1. The smallest absolute Gasteiger partial charge is 0.187 e. The van der Waals surface area contributed by atoms with Crippen molar-refractivity contribution in [2.45, 2.75) is 31.9 Å². The van der Waals surface area contributed by atoms with Gasteiger partial charge in [-0.2, -0.15) is 0 Å². The second-order valence-corrected chi connectivity index (χ2v) is 6.42. The molecule has 0 radical (unpaired) electrons. The zero-order valence-electron chi connectivity index (χ0n) is 10.3. The van der Waals surface area contributed by atoms with Crippen LogP contribution in [0.1, 0.15) is 24.1 Å². The van der Waals surface area contributed by atoms with Crippen molar-refractivity contribution in [2.75, 3.05) is 31.1 Å². The Morgan fingerprint density at radius 3 is 2.94 bits per heavy atom. The maximum absolute atomic E-state index is 9.20. The van der Waals surface area contributed by atoms with Crippen molar-refractivity contribution in [3.63, 3.8) is 0 Å². The molecule has 2 aliphatic rings. The van der Waals surface area contributed by atoms with Crippen LogP contribution in [-0.2, 0) is 6.61 Å². The van der Waals surface area contributed by atoms with Gasteiger partial charge in [0.2, 0.25) is 0 Å². The highest BCUT2D eigenvalue weighted by Crippen LogP contribution is 2.32. The van der Waals surface area contributed by atoms with E-state index >= 15 is 0 Å². The largest absolute Gasteiger partial charge is 0.391 e. The molecule has 0 aliphatic carbocycles. The number of anilines is 1. The van der Waals surface area contributed by atoms with Crippen LogP contribution in [0, 0.1) is 0 Å². The number of aromatic nitrogens is 1. The Kier molecular flexibility index (Phi) is 3.75. The topological polar surface area (TPSA) is 39.6 Å². The van der Waals surface area contributed by atoms with Crippen LogP contribution in [0.4, 0.5) is 5.13 Å². The number of nitrogens with zero attached hydrogens (tertiary/aromatic N) is 3. The van der Waals surface area contributed by atoms with E-state index < -0.39 is 0 Å². The summed E-state index contributed by atoms with van der Waals surface area (Å²) < 4.78 is 0. The van der Waals surface area contributed by atoms with Crippen molar-refractivity contribution in [1.82, 2.24) is 9.88 Å². The molecule has 1 N–H and O–H groups in total. The molecule has 0 spiro atoms. The first kappa shape index (κ1) is 12.7. The third-order valence-corrected chi connectivity index (χ3v) is 5.38. The molecule has 18 heavy (non-hydrogen) atoms. The summed E-state index contributed by atoms with van der Waals surface area (Å²) in [4.78, 5) is 10.1. The second kappa shape index (κ2) is 5.33. The lowest BCUT2D eigenvalue weighted by Crippen LogP contribution is -2.36. The van der Waals surface area contributed by atoms with E-state index in [9.17, 15) is 5.11 Å². The molecule has 1 aromatic heterocycles. The highest BCUT2D eigenvalue weighted by molar-refractivity contribution is 7.16. The van der Waals surface area contributed by atoms with E-state index in [-0.39, 0.29) is 6.61 Å². The predicted octanol–water partition coefficient (Wildman–Crippen LogP) is 1.96. The lowest BCUT2D eigenvalue weighted by Gasteiger charge is -2.25. The van der Waals surface area contributed by atoms with Gasteiger partial charge in [0, 0.05) is 25.7 Å². The SMILES string of the molecule is OCc1sc(N2CCCN3CCCC3C2)nc1Cl. The minimum Gasteiger partial charge on any atom is -0.391 e. The van der Waals surface area contributed by atoms with E-state index in [1.165, 1.54) is 43.7 Å². The molecule has 1 unspecified atom stereocenters. The monoisotopic (exact) mass is 287 g/mol. The molecule has 1 atom stereocenters. The van der Waals surface area contributed by atoms with E-state index in [4.69, 9.17) is 11.6 Å². The lowest BCUT2D eigenvalue weighted by molar-refractivity contribution is 0.273. The molecule has 1 aromatic rings. The second-order valence-electron chi connectivity index (χ2n) is 5.00. The maximum atomic E-state index is 9.20.